The zero-order valence-corrected chi connectivity index (χ0v) is 12.5. The molecule has 0 amide bonds. The molecule has 0 bridgehead atoms. The minimum Gasteiger partial charge on any atom is -0.375 e. The van der Waals surface area contributed by atoms with Crippen LogP contribution in [-0.4, -0.2) is 24.3 Å². The standard InChI is InChI=1S/C16H31NO/c1-4-16(3)12-15(10-11-18-16)17-13(2)14-8-6-5-7-9-14/h13-15,17H,4-12H2,1-3H3/t13-,15?,16?/m1/s1. The molecule has 18 heavy (non-hydrogen) atoms. The molecule has 2 nitrogen and oxygen atoms in total. The molecule has 3 atom stereocenters. The lowest BCUT2D eigenvalue weighted by molar-refractivity contribution is -0.0797. The summed E-state index contributed by atoms with van der Waals surface area (Å²) in [5, 5.41) is 3.90. The Morgan fingerprint density at radius 1 is 1.22 bits per heavy atom. The number of rotatable bonds is 4. The summed E-state index contributed by atoms with van der Waals surface area (Å²) in [5.74, 6) is 0.912. The molecule has 2 aliphatic rings. The van der Waals surface area contributed by atoms with E-state index in [4.69, 9.17) is 4.74 Å². The maximum atomic E-state index is 5.93. The van der Waals surface area contributed by atoms with E-state index in [9.17, 15) is 0 Å². The molecule has 1 saturated heterocycles. The molecule has 106 valence electrons. The number of nitrogens with one attached hydrogen (secondary N) is 1. The monoisotopic (exact) mass is 253 g/mol. The van der Waals surface area contributed by atoms with Crippen LogP contribution in [0.3, 0.4) is 0 Å². The molecule has 1 N–H and O–H groups in total. The molecular formula is C16H31NO. The van der Waals surface area contributed by atoms with Crippen molar-refractivity contribution >= 4 is 0 Å². The van der Waals surface area contributed by atoms with Gasteiger partial charge in [0.15, 0.2) is 0 Å². The van der Waals surface area contributed by atoms with Crippen molar-refractivity contribution in [2.45, 2.75) is 89.8 Å². The molecule has 0 aromatic carbocycles. The zero-order valence-electron chi connectivity index (χ0n) is 12.5. The van der Waals surface area contributed by atoms with Gasteiger partial charge in [-0.25, -0.2) is 0 Å². The third-order valence-electron chi connectivity index (χ3n) is 5.20. The number of ether oxygens (including phenoxy) is 1. The van der Waals surface area contributed by atoms with Gasteiger partial charge in [0.1, 0.15) is 0 Å². The summed E-state index contributed by atoms with van der Waals surface area (Å²) < 4.78 is 5.93. The van der Waals surface area contributed by atoms with Crippen molar-refractivity contribution in [1.29, 1.82) is 0 Å². The van der Waals surface area contributed by atoms with Gasteiger partial charge in [0.05, 0.1) is 5.60 Å². The van der Waals surface area contributed by atoms with E-state index >= 15 is 0 Å². The van der Waals surface area contributed by atoms with Gasteiger partial charge in [-0.15, -0.1) is 0 Å². The molecular weight excluding hydrogens is 222 g/mol. The maximum absolute atomic E-state index is 5.93. The summed E-state index contributed by atoms with van der Waals surface area (Å²) in [6.07, 6.45) is 10.7. The SMILES string of the molecule is CCC1(C)CC(N[C@H](C)C2CCCCC2)CCO1. The van der Waals surface area contributed by atoms with Crippen LogP contribution in [0.25, 0.3) is 0 Å². The Morgan fingerprint density at radius 3 is 2.61 bits per heavy atom. The van der Waals surface area contributed by atoms with Gasteiger partial charge in [0.25, 0.3) is 0 Å². The van der Waals surface area contributed by atoms with Gasteiger partial charge in [-0.05, 0) is 51.9 Å². The van der Waals surface area contributed by atoms with Crippen molar-refractivity contribution in [2.24, 2.45) is 5.92 Å². The Balaban J connectivity index is 1.81. The van der Waals surface area contributed by atoms with Crippen LogP contribution in [0.2, 0.25) is 0 Å². The van der Waals surface area contributed by atoms with E-state index in [1.807, 2.05) is 0 Å². The average Bonchev–Trinajstić information content (AvgIpc) is 2.40. The minimum atomic E-state index is 0.113. The fraction of sp³-hybridized carbons (Fsp3) is 1.00. The van der Waals surface area contributed by atoms with Crippen molar-refractivity contribution in [3.8, 4) is 0 Å². The van der Waals surface area contributed by atoms with Crippen LogP contribution in [-0.2, 0) is 4.74 Å². The van der Waals surface area contributed by atoms with Crippen molar-refractivity contribution in [1.82, 2.24) is 5.32 Å². The van der Waals surface area contributed by atoms with Crippen LogP contribution in [0.15, 0.2) is 0 Å². The number of hydrogen-bond acceptors (Lipinski definition) is 2. The van der Waals surface area contributed by atoms with Gasteiger partial charge in [0.2, 0.25) is 0 Å². The summed E-state index contributed by atoms with van der Waals surface area (Å²) in [4.78, 5) is 0. The molecule has 2 rings (SSSR count). The predicted octanol–water partition coefficient (Wildman–Crippen LogP) is 3.89. The molecule has 1 heterocycles. The minimum absolute atomic E-state index is 0.113. The van der Waals surface area contributed by atoms with Crippen LogP contribution in [0.1, 0.15) is 72.1 Å². The maximum Gasteiger partial charge on any atom is 0.0666 e. The van der Waals surface area contributed by atoms with E-state index in [0.29, 0.717) is 12.1 Å². The van der Waals surface area contributed by atoms with Crippen LogP contribution >= 0.6 is 0 Å². The van der Waals surface area contributed by atoms with Gasteiger partial charge in [-0.2, -0.15) is 0 Å². The van der Waals surface area contributed by atoms with E-state index < -0.39 is 0 Å². The molecule has 0 spiro atoms. The third-order valence-corrected chi connectivity index (χ3v) is 5.20. The Morgan fingerprint density at radius 2 is 1.94 bits per heavy atom. The number of hydrogen-bond donors (Lipinski definition) is 1. The quantitative estimate of drug-likeness (QED) is 0.820. The fourth-order valence-electron chi connectivity index (χ4n) is 3.66. The van der Waals surface area contributed by atoms with Gasteiger partial charge in [-0.1, -0.05) is 26.2 Å². The molecule has 0 aromatic heterocycles. The molecule has 0 radical (unpaired) electrons. The van der Waals surface area contributed by atoms with Gasteiger partial charge in [0, 0.05) is 18.7 Å². The molecule has 1 aliphatic heterocycles. The normalized spacial score (nSPS) is 36.5. The lowest BCUT2D eigenvalue weighted by Crippen LogP contribution is -2.49. The second-order valence-electron chi connectivity index (χ2n) is 6.70. The molecule has 2 fully saturated rings. The first kappa shape index (κ1) is 14.3. The Kier molecular flexibility index (Phi) is 5.08. The summed E-state index contributed by atoms with van der Waals surface area (Å²) in [5.41, 5.74) is 0.113. The zero-order chi connectivity index (χ0) is 13.0. The highest BCUT2D eigenvalue weighted by Crippen LogP contribution is 2.30. The molecule has 1 saturated carbocycles. The first-order valence-electron chi connectivity index (χ1n) is 8.03. The van der Waals surface area contributed by atoms with E-state index in [1.165, 1.54) is 44.9 Å². The fourth-order valence-corrected chi connectivity index (χ4v) is 3.66. The molecule has 1 aliphatic carbocycles. The highest BCUT2D eigenvalue weighted by atomic mass is 16.5. The molecule has 2 unspecified atom stereocenters. The van der Waals surface area contributed by atoms with E-state index in [0.717, 1.165) is 18.9 Å². The summed E-state index contributed by atoms with van der Waals surface area (Å²) in [6, 6.07) is 1.36. The van der Waals surface area contributed by atoms with E-state index in [2.05, 4.69) is 26.1 Å². The topological polar surface area (TPSA) is 21.3 Å². The molecule has 2 heteroatoms. The summed E-state index contributed by atoms with van der Waals surface area (Å²) in [6.45, 7) is 7.84. The van der Waals surface area contributed by atoms with Gasteiger partial charge in [-0.3, -0.25) is 0 Å². The lowest BCUT2D eigenvalue weighted by Gasteiger charge is -2.40. The second kappa shape index (κ2) is 6.38. The highest BCUT2D eigenvalue weighted by molar-refractivity contribution is 4.88. The van der Waals surface area contributed by atoms with Gasteiger partial charge < -0.3 is 10.1 Å². The predicted molar refractivity (Wildman–Crippen MR) is 76.8 cm³/mol. The summed E-state index contributed by atoms with van der Waals surface area (Å²) >= 11 is 0. The van der Waals surface area contributed by atoms with E-state index in [-0.39, 0.29) is 5.60 Å². The highest BCUT2D eigenvalue weighted by Gasteiger charge is 2.33. The largest absolute Gasteiger partial charge is 0.375 e. The van der Waals surface area contributed by atoms with Crippen molar-refractivity contribution in [3.63, 3.8) is 0 Å². The van der Waals surface area contributed by atoms with Crippen LogP contribution < -0.4 is 5.32 Å². The van der Waals surface area contributed by atoms with Crippen molar-refractivity contribution < 1.29 is 4.74 Å². The lowest BCUT2D eigenvalue weighted by atomic mass is 9.83. The second-order valence-corrected chi connectivity index (χ2v) is 6.70. The average molecular weight is 253 g/mol. The van der Waals surface area contributed by atoms with Crippen molar-refractivity contribution in [3.05, 3.63) is 0 Å². The van der Waals surface area contributed by atoms with E-state index in [1.54, 1.807) is 0 Å². The first-order valence-corrected chi connectivity index (χ1v) is 8.03. The third kappa shape index (κ3) is 3.71. The molecule has 0 aromatic rings. The summed E-state index contributed by atoms with van der Waals surface area (Å²) in [7, 11) is 0. The first-order chi connectivity index (χ1) is 8.63. The Bertz CT molecular complexity index is 249. The Hall–Kier alpha value is -0.0800. The van der Waals surface area contributed by atoms with Crippen LogP contribution in [0, 0.1) is 5.92 Å². The van der Waals surface area contributed by atoms with Crippen LogP contribution in [0.4, 0.5) is 0 Å². The van der Waals surface area contributed by atoms with Gasteiger partial charge >= 0.3 is 0 Å². The van der Waals surface area contributed by atoms with Crippen LogP contribution in [0.5, 0.6) is 0 Å². The van der Waals surface area contributed by atoms with Crippen molar-refractivity contribution in [2.75, 3.05) is 6.61 Å². The Labute approximate surface area is 113 Å². The smallest absolute Gasteiger partial charge is 0.0666 e.